The second kappa shape index (κ2) is 9.23. The fraction of sp³-hybridized carbons (Fsp3) is 0.333. The summed E-state index contributed by atoms with van der Waals surface area (Å²) in [7, 11) is -1.93. The SMILES string of the molecule is C/C=C/c1ccc(OCc2cccc(S(=O)(=O)N3CCOCC3)c2)c(OC)c1. The van der Waals surface area contributed by atoms with Crippen LogP contribution >= 0.6 is 0 Å². The summed E-state index contributed by atoms with van der Waals surface area (Å²) < 4.78 is 43.6. The number of allylic oxidation sites excluding steroid dienone is 1. The lowest BCUT2D eigenvalue weighted by Gasteiger charge is -2.26. The van der Waals surface area contributed by atoms with Gasteiger partial charge in [0, 0.05) is 13.1 Å². The highest BCUT2D eigenvalue weighted by molar-refractivity contribution is 7.89. The molecule has 2 aromatic carbocycles. The quantitative estimate of drug-likeness (QED) is 0.710. The van der Waals surface area contributed by atoms with Crippen LogP contribution in [0.5, 0.6) is 11.5 Å². The number of morpholine rings is 1. The number of hydrogen-bond acceptors (Lipinski definition) is 5. The van der Waals surface area contributed by atoms with Crippen LogP contribution in [0.1, 0.15) is 18.1 Å². The average Bonchev–Trinajstić information content (AvgIpc) is 2.73. The minimum absolute atomic E-state index is 0.242. The number of rotatable bonds is 7. The Bertz CT molecular complexity index is 934. The Kier molecular flexibility index (Phi) is 6.72. The molecule has 1 aliphatic rings. The van der Waals surface area contributed by atoms with E-state index in [4.69, 9.17) is 14.2 Å². The maximum Gasteiger partial charge on any atom is 0.243 e. The van der Waals surface area contributed by atoms with Gasteiger partial charge in [0.25, 0.3) is 0 Å². The first-order chi connectivity index (χ1) is 13.5. The minimum atomic E-state index is -3.53. The van der Waals surface area contributed by atoms with Crippen LogP contribution in [0.15, 0.2) is 53.4 Å². The van der Waals surface area contributed by atoms with E-state index in [-0.39, 0.29) is 11.5 Å². The Morgan fingerprint density at radius 2 is 1.89 bits per heavy atom. The summed E-state index contributed by atoms with van der Waals surface area (Å²) in [5.41, 5.74) is 1.79. The number of benzene rings is 2. The molecule has 0 N–H and O–H groups in total. The van der Waals surface area contributed by atoms with E-state index < -0.39 is 10.0 Å². The first kappa shape index (κ1) is 20.4. The van der Waals surface area contributed by atoms with Gasteiger partial charge in [-0.1, -0.05) is 30.4 Å². The second-order valence-corrected chi connectivity index (χ2v) is 8.30. The van der Waals surface area contributed by atoms with E-state index in [1.807, 2.05) is 43.3 Å². The zero-order valence-corrected chi connectivity index (χ0v) is 16.9. The normalized spacial score (nSPS) is 15.6. The lowest BCUT2D eigenvalue weighted by atomic mass is 10.2. The standard InChI is InChI=1S/C21H25NO5S/c1-3-5-17-8-9-20(21(15-17)25-2)27-16-18-6-4-7-19(14-18)28(23,24)22-10-12-26-13-11-22/h3-9,14-15H,10-13,16H2,1-2H3/b5-3+. The molecule has 0 spiro atoms. The zero-order chi connectivity index (χ0) is 20.0. The largest absolute Gasteiger partial charge is 0.493 e. The Morgan fingerprint density at radius 3 is 2.61 bits per heavy atom. The highest BCUT2D eigenvalue weighted by Crippen LogP contribution is 2.29. The predicted octanol–water partition coefficient (Wildman–Crippen LogP) is 3.33. The van der Waals surface area contributed by atoms with Gasteiger partial charge in [-0.3, -0.25) is 0 Å². The first-order valence-electron chi connectivity index (χ1n) is 9.15. The lowest BCUT2D eigenvalue weighted by molar-refractivity contribution is 0.0730. The molecule has 0 bridgehead atoms. The van der Waals surface area contributed by atoms with Gasteiger partial charge >= 0.3 is 0 Å². The number of sulfonamides is 1. The Balaban J connectivity index is 1.75. The molecule has 0 radical (unpaired) electrons. The van der Waals surface area contributed by atoms with E-state index in [9.17, 15) is 8.42 Å². The molecule has 0 saturated carbocycles. The van der Waals surface area contributed by atoms with Gasteiger partial charge in [-0.25, -0.2) is 8.42 Å². The Morgan fingerprint density at radius 1 is 1.11 bits per heavy atom. The van der Waals surface area contributed by atoms with Crippen LogP contribution in [0, 0.1) is 0 Å². The lowest BCUT2D eigenvalue weighted by Crippen LogP contribution is -2.40. The van der Waals surface area contributed by atoms with Crippen molar-refractivity contribution in [2.45, 2.75) is 18.4 Å². The molecule has 0 unspecified atom stereocenters. The molecule has 0 aromatic heterocycles. The molecule has 0 atom stereocenters. The Labute approximate surface area is 166 Å². The maximum atomic E-state index is 12.8. The zero-order valence-electron chi connectivity index (χ0n) is 16.1. The van der Waals surface area contributed by atoms with Crippen LogP contribution in [0.2, 0.25) is 0 Å². The maximum absolute atomic E-state index is 12.8. The molecule has 3 rings (SSSR count). The van der Waals surface area contributed by atoms with Crippen molar-refractivity contribution in [1.29, 1.82) is 0 Å². The molecule has 1 fully saturated rings. The fourth-order valence-electron chi connectivity index (χ4n) is 2.99. The van der Waals surface area contributed by atoms with Crippen LogP contribution in [0.3, 0.4) is 0 Å². The van der Waals surface area contributed by atoms with Gasteiger partial charge in [-0.05, 0) is 42.3 Å². The molecule has 1 saturated heterocycles. The van der Waals surface area contributed by atoms with Crippen molar-refractivity contribution in [3.63, 3.8) is 0 Å². The summed E-state index contributed by atoms with van der Waals surface area (Å²) >= 11 is 0. The molecule has 150 valence electrons. The van der Waals surface area contributed by atoms with Gasteiger partial charge in [0.2, 0.25) is 10.0 Å². The average molecular weight is 404 g/mol. The number of nitrogens with zero attached hydrogens (tertiary/aromatic N) is 1. The molecule has 0 amide bonds. The van der Waals surface area contributed by atoms with E-state index in [0.717, 1.165) is 11.1 Å². The smallest absolute Gasteiger partial charge is 0.243 e. The minimum Gasteiger partial charge on any atom is -0.493 e. The van der Waals surface area contributed by atoms with E-state index in [2.05, 4.69) is 0 Å². The number of methoxy groups -OCH3 is 1. The van der Waals surface area contributed by atoms with Crippen LogP contribution in [-0.4, -0.2) is 46.1 Å². The highest BCUT2D eigenvalue weighted by atomic mass is 32.2. The summed E-state index contributed by atoms with van der Waals surface area (Å²) in [6.07, 6.45) is 3.93. The molecule has 1 aliphatic heterocycles. The van der Waals surface area contributed by atoms with Crippen molar-refractivity contribution < 1.29 is 22.6 Å². The molecule has 2 aromatic rings. The summed E-state index contributed by atoms with van der Waals surface area (Å²) in [5, 5.41) is 0. The van der Waals surface area contributed by atoms with E-state index in [1.54, 1.807) is 25.3 Å². The summed E-state index contributed by atoms with van der Waals surface area (Å²) in [6.45, 7) is 3.79. The second-order valence-electron chi connectivity index (χ2n) is 6.36. The van der Waals surface area contributed by atoms with E-state index in [0.29, 0.717) is 37.8 Å². The Hall–Kier alpha value is -2.35. The molecule has 6 nitrogen and oxygen atoms in total. The van der Waals surface area contributed by atoms with E-state index in [1.165, 1.54) is 4.31 Å². The van der Waals surface area contributed by atoms with Gasteiger partial charge in [0.1, 0.15) is 6.61 Å². The van der Waals surface area contributed by atoms with Gasteiger partial charge in [0.15, 0.2) is 11.5 Å². The van der Waals surface area contributed by atoms with Gasteiger partial charge in [0.05, 0.1) is 25.2 Å². The molecular weight excluding hydrogens is 378 g/mol. The molecular formula is C21H25NO5S. The summed E-state index contributed by atoms with van der Waals surface area (Å²) in [6, 6.07) is 12.5. The van der Waals surface area contributed by atoms with Crippen molar-refractivity contribution in [3.8, 4) is 11.5 Å². The van der Waals surface area contributed by atoms with Gasteiger partial charge in [-0.15, -0.1) is 0 Å². The number of ether oxygens (including phenoxy) is 3. The van der Waals surface area contributed by atoms with Crippen LogP contribution in [0.4, 0.5) is 0 Å². The first-order valence-corrected chi connectivity index (χ1v) is 10.6. The van der Waals surface area contributed by atoms with Crippen molar-refractivity contribution >= 4 is 16.1 Å². The van der Waals surface area contributed by atoms with Crippen molar-refractivity contribution in [1.82, 2.24) is 4.31 Å². The molecule has 1 heterocycles. The molecule has 0 aliphatic carbocycles. The topological polar surface area (TPSA) is 65.1 Å². The monoisotopic (exact) mass is 403 g/mol. The third kappa shape index (κ3) is 4.73. The number of hydrogen-bond donors (Lipinski definition) is 0. The third-order valence-electron chi connectivity index (χ3n) is 4.45. The van der Waals surface area contributed by atoms with Crippen molar-refractivity contribution in [3.05, 3.63) is 59.7 Å². The van der Waals surface area contributed by atoms with Crippen LogP contribution < -0.4 is 9.47 Å². The van der Waals surface area contributed by atoms with Gasteiger partial charge in [-0.2, -0.15) is 4.31 Å². The fourth-order valence-corrected chi connectivity index (χ4v) is 4.47. The predicted molar refractivity (Wildman–Crippen MR) is 108 cm³/mol. The highest BCUT2D eigenvalue weighted by Gasteiger charge is 2.26. The summed E-state index contributed by atoms with van der Waals surface area (Å²) in [5.74, 6) is 1.24. The van der Waals surface area contributed by atoms with E-state index >= 15 is 0 Å². The van der Waals surface area contributed by atoms with Crippen LogP contribution in [0.25, 0.3) is 6.08 Å². The van der Waals surface area contributed by atoms with Crippen molar-refractivity contribution in [2.24, 2.45) is 0 Å². The summed E-state index contributed by atoms with van der Waals surface area (Å²) in [4.78, 5) is 0.269. The van der Waals surface area contributed by atoms with Crippen molar-refractivity contribution in [2.75, 3.05) is 33.4 Å². The third-order valence-corrected chi connectivity index (χ3v) is 6.34. The van der Waals surface area contributed by atoms with Crippen LogP contribution in [-0.2, 0) is 21.4 Å². The molecule has 7 heteroatoms. The van der Waals surface area contributed by atoms with Gasteiger partial charge < -0.3 is 14.2 Å². The molecule has 28 heavy (non-hydrogen) atoms.